The summed E-state index contributed by atoms with van der Waals surface area (Å²) in [6.07, 6.45) is 2.14. The van der Waals surface area contributed by atoms with Gasteiger partial charge in [-0.25, -0.2) is 4.79 Å². The average Bonchev–Trinajstić information content (AvgIpc) is 2.82. The number of amides is 1. The molecule has 0 bridgehead atoms. The van der Waals surface area contributed by atoms with Gasteiger partial charge in [0.05, 0.1) is 6.54 Å². The van der Waals surface area contributed by atoms with Gasteiger partial charge < -0.3 is 15.0 Å². The SMILES string of the molecule is O=C1OC(C2CCNCC2)CN1Cc1ccccc1. The summed E-state index contributed by atoms with van der Waals surface area (Å²) in [6.45, 7) is 3.47. The van der Waals surface area contributed by atoms with Crippen LogP contribution in [0.5, 0.6) is 0 Å². The van der Waals surface area contributed by atoms with Crippen LogP contribution in [0.2, 0.25) is 0 Å². The lowest BCUT2D eigenvalue weighted by atomic mass is 9.92. The monoisotopic (exact) mass is 260 g/mol. The van der Waals surface area contributed by atoms with Crippen molar-refractivity contribution >= 4 is 6.09 Å². The number of hydrogen-bond donors (Lipinski definition) is 1. The van der Waals surface area contributed by atoms with Crippen molar-refractivity contribution in [2.24, 2.45) is 5.92 Å². The van der Waals surface area contributed by atoms with Crippen LogP contribution in [-0.2, 0) is 11.3 Å². The third-order valence-corrected chi connectivity index (χ3v) is 4.04. The van der Waals surface area contributed by atoms with E-state index in [2.05, 4.69) is 5.32 Å². The number of benzene rings is 1. The Morgan fingerprint density at radius 1 is 1.21 bits per heavy atom. The molecule has 1 aromatic carbocycles. The minimum absolute atomic E-state index is 0.0818. The Bertz CT molecular complexity index is 429. The molecule has 1 aromatic rings. The van der Waals surface area contributed by atoms with E-state index in [9.17, 15) is 4.79 Å². The summed E-state index contributed by atoms with van der Waals surface area (Å²) in [4.78, 5) is 13.7. The van der Waals surface area contributed by atoms with E-state index in [0.717, 1.165) is 38.0 Å². The van der Waals surface area contributed by atoms with Gasteiger partial charge in [-0.3, -0.25) is 0 Å². The van der Waals surface area contributed by atoms with Gasteiger partial charge in [-0.2, -0.15) is 0 Å². The molecule has 4 nitrogen and oxygen atoms in total. The molecule has 0 aliphatic carbocycles. The molecule has 2 saturated heterocycles. The van der Waals surface area contributed by atoms with Crippen LogP contribution in [0.15, 0.2) is 30.3 Å². The van der Waals surface area contributed by atoms with Crippen molar-refractivity contribution in [3.63, 3.8) is 0 Å². The zero-order chi connectivity index (χ0) is 13.1. The summed E-state index contributed by atoms with van der Waals surface area (Å²) in [5.41, 5.74) is 1.16. The van der Waals surface area contributed by atoms with Gasteiger partial charge in [0, 0.05) is 12.5 Å². The first-order valence-electron chi connectivity index (χ1n) is 7.03. The molecule has 4 heteroatoms. The Morgan fingerprint density at radius 2 is 1.95 bits per heavy atom. The Labute approximate surface area is 113 Å². The second kappa shape index (κ2) is 5.61. The molecule has 0 radical (unpaired) electrons. The normalized spacial score (nSPS) is 24.5. The summed E-state index contributed by atoms with van der Waals surface area (Å²) in [7, 11) is 0. The van der Waals surface area contributed by atoms with E-state index in [-0.39, 0.29) is 12.2 Å². The lowest BCUT2D eigenvalue weighted by Gasteiger charge is -2.26. The predicted octanol–water partition coefficient (Wildman–Crippen LogP) is 2.01. The van der Waals surface area contributed by atoms with E-state index < -0.39 is 0 Å². The van der Waals surface area contributed by atoms with Crippen molar-refractivity contribution in [3.05, 3.63) is 35.9 Å². The highest BCUT2D eigenvalue weighted by Gasteiger charge is 2.36. The number of piperidine rings is 1. The number of nitrogens with zero attached hydrogens (tertiary/aromatic N) is 1. The number of rotatable bonds is 3. The van der Waals surface area contributed by atoms with Crippen molar-refractivity contribution in [3.8, 4) is 0 Å². The minimum Gasteiger partial charge on any atom is -0.444 e. The highest BCUT2D eigenvalue weighted by Crippen LogP contribution is 2.26. The first-order chi connectivity index (χ1) is 9.33. The van der Waals surface area contributed by atoms with Crippen LogP contribution in [0.4, 0.5) is 4.79 Å². The first kappa shape index (κ1) is 12.5. The van der Waals surface area contributed by atoms with Crippen LogP contribution in [0.1, 0.15) is 18.4 Å². The molecule has 19 heavy (non-hydrogen) atoms. The number of carbonyl (C=O) groups excluding carboxylic acids is 1. The topological polar surface area (TPSA) is 41.6 Å². The standard InChI is InChI=1S/C15H20N2O2/c18-15-17(10-12-4-2-1-3-5-12)11-14(19-15)13-6-8-16-9-7-13/h1-5,13-14,16H,6-11H2. The number of hydrogen-bond acceptors (Lipinski definition) is 3. The summed E-state index contributed by atoms with van der Waals surface area (Å²) in [5, 5.41) is 3.35. The molecule has 102 valence electrons. The summed E-state index contributed by atoms with van der Waals surface area (Å²) in [6, 6.07) is 10.1. The largest absolute Gasteiger partial charge is 0.444 e. The van der Waals surface area contributed by atoms with E-state index >= 15 is 0 Å². The van der Waals surface area contributed by atoms with Crippen LogP contribution in [0.25, 0.3) is 0 Å². The molecule has 1 unspecified atom stereocenters. The van der Waals surface area contributed by atoms with Crippen molar-refractivity contribution in [2.75, 3.05) is 19.6 Å². The fraction of sp³-hybridized carbons (Fsp3) is 0.533. The van der Waals surface area contributed by atoms with Gasteiger partial charge in [0.25, 0.3) is 0 Å². The average molecular weight is 260 g/mol. The van der Waals surface area contributed by atoms with Gasteiger partial charge >= 0.3 is 6.09 Å². The predicted molar refractivity (Wildman–Crippen MR) is 72.7 cm³/mol. The van der Waals surface area contributed by atoms with Gasteiger partial charge in [0.15, 0.2) is 0 Å². The van der Waals surface area contributed by atoms with E-state index in [1.54, 1.807) is 0 Å². The lowest BCUT2D eigenvalue weighted by Crippen LogP contribution is -2.36. The maximum absolute atomic E-state index is 11.9. The lowest BCUT2D eigenvalue weighted by molar-refractivity contribution is 0.0905. The fourth-order valence-corrected chi connectivity index (χ4v) is 2.93. The third-order valence-electron chi connectivity index (χ3n) is 4.04. The maximum atomic E-state index is 11.9. The molecule has 1 atom stereocenters. The van der Waals surface area contributed by atoms with Crippen LogP contribution >= 0.6 is 0 Å². The van der Waals surface area contributed by atoms with E-state index in [4.69, 9.17) is 4.74 Å². The van der Waals surface area contributed by atoms with Gasteiger partial charge in [-0.15, -0.1) is 0 Å². The zero-order valence-electron chi connectivity index (χ0n) is 11.0. The van der Waals surface area contributed by atoms with Crippen molar-refractivity contribution in [1.82, 2.24) is 10.2 Å². The molecule has 2 heterocycles. The van der Waals surface area contributed by atoms with Crippen LogP contribution < -0.4 is 5.32 Å². The second-order valence-corrected chi connectivity index (χ2v) is 5.38. The summed E-state index contributed by atoms with van der Waals surface area (Å²) >= 11 is 0. The molecule has 0 saturated carbocycles. The molecule has 2 aliphatic rings. The van der Waals surface area contributed by atoms with Gasteiger partial charge in [-0.1, -0.05) is 30.3 Å². The molecule has 1 amide bonds. The fourth-order valence-electron chi connectivity index (χ4n) is 2.93. The molecule has 0 spiro atoms. The van der Waals surface area contributed by atoms with Crippen LogP contribution in [0, 0.1) is 5.92 Å². The number of ether oxygens (including phenoxy) is 1. The number of carbonyl (C=O) groups is 1. The zero-order valence-corrected chi connectivity index (χ0v) is 11.0. The molecule has 0 aromatic heterocycles. The summed E-state index contributed by atoms with van der Waals surface area (Å²) in [5.74, 6) is 0.519. The highest BCUT2D eigenvalue weighted by atomic mass is 16.6. The Balaban J connectivity index is 1.60. The Kier molecular flexibility index (Phi) is 3.69. The molecular weight excluding hydrogens is 240 g/mol. The third kappa shape index (κ3) is 2.89. The van der Waals surface area contributed by atoms with Gasteiger partial charge in [-0.05, 0) is 31.5 Å². The van der Waals surface area contributed by atoms with Crippen molar-refractivity contribution in [1.29, 1.82) is 0 Å². The van der Waals surface area contributed by atoms with Crippen molar-refractivity contribution < 1.29 is 9.53 Å². The van der Waals surface area contributed by atoms with Crippen LogP contribution in [-0.4, -0.2) is 36.7 Å². The maximum Gasteiger partial charge on any atom is 0.410 e. The Hall–Kier alpha value is -1.55. The molecule has 1 N–H and O–H groups in total. The number of nitrogens with one attached hydrogen (secondary N) is 1. The van der Waals surface area contributed by atoms with E-state index in [1.165, 1.54) is 0 Å². The highest BCUT2D eigenvalue weighted by molar-refractivity contribution is 5.70. The first-order valence-corrected chi connectivity index (χ1v) is 7.03. The van der Waals surface area contributed by atoms with Crippen LogP contribution in [0.3, 0.4) is 0 Å². The second-order valence-electron chi connectivity index (χ2n) is 5.38. The minimum atomic E-state index is -0.160. The molecular formula is C15H20N2O2. The van der Waals surface area contributed by atoms with E-state index in [1.807, 2.05) is 35.2 Å². The molecule has 3 rings (SSSR count). The Morgan fingerprint density at radius 3 is 2.68 bits per heavy atom. The smallest absolute Gasteiger partial charge is 0.410 e. The molecule has 2 aliphatic heterocycles. The summed E-state index contributed by atoms with van der Waals surface area (Å²) < 4.78 is 5.54. The van der Waals surface area contributed by atoms with Crippen molar-refractivity contribution in [2.45, 2.75) is 25.5 Å². The van der Waals surface area contributed by atoms with Gasteiger partial charge in [0.1, 0.15) is 6.10 Å². The van der Waals surface area contributed by atoms with Gasteiger partial charge in [0.2, 0.25) is 0 Å². The quantitative estimate of drug-likeness (QED) is 0.904. The number of cyclic esters (lactones) is 1. The molecule has 2 fully saturated rings. The van der Waals surface area contributed by atoms with E-state index in [0.29, 0.717) is 12.5 Å².